The second kappa shape index (κ2) is 8.86. The van der Waals surface area contributed by atoms with Crippen LogP contribution in [0.4, 0.5) is 5.69 Å². The van der Waals surface area contributed by atoms with Crippen molar-refractivity contribution in [1.82, 2.24) is 5.32 Å². The van der Waals surface area contributed by atoms with Gasteiger partial charge >= 0.3 is 0 Å². The zero-order valence-corrected chi connectivity index (χ0v) is 12.9. The van der Waals surface area contributed by atoms with Crippen LogP contribution in [0.25, 0.3) is 0 Å². The van der Waals surface area contributed by atoms with E-state index in [4.69, 9.17) is 0 Å². The molecule has 2 N–H and O–H groups in total. The molecule has 0 aliphatic heterocycles. The third-order valence-electron chi connectivity index (χ3n) is 2.82. The lowest BCUT2D eigenvalue weighted by Crippen LogP contribution is -2.22. The van der Waals surface area contributed by atoms with Crippen LogP contribution in [0.1, 0.15) is 36.2 Å². The van der Waals surface area contributed by atoms with Crippen LogP contribution in [0.5, 0.6) is 0 Å². The van der Waals surface area contributed by atoms with Gasteiger partial charge in [0.25, 0.3) is 5.91 Å². The molecule has 0 atom stereocenters. The van der Waals surface area contributed by atoms with Gasteiger partial charge in [-0.1, -0.05) is 13.0 Å². The second-order valence-electron chi connectivity index (χ2n) is 4.37. The zero-order chi connectivity index (χ0) is 14.1. The van der Waals surface area contributed by atoms with Crippen LogP contribution < -0.4 is 10.6 Å². The van der Waals surface area contributed by atoms with E-state index in [1.807, 2.05) is 36.9 Å². The quantitative estimate of drug-likeness (QED) is 0.718. The summed E-state index contributed by atoms with van der Waals surface area (Å²) in [5.41, 5.74) is 2.96. The van der Waals surface area contributed by atoms with Crippen molar-refractivity contribution in [3.63, 3.8) is 0 Å². The van der Waals surface area contributed by atoms with Crippen molar-refractivity contribution in [2.75, 3.05) is 29.9 Å². The maximum Gasteiger partial charge on any atom is 0.251 e. The Morgan fingerprint density at radius 1 is 1.32 bits per heavy atom. The minimum Gasteiger partial charge on any atom is -0.385 e. The molecule has 0 aliphatic carbocycles. The lowest BCUT2D eigenvalue weighted by molar-refractivity contribution is 0.0956. The van der Waals surface area contributed by atoms with Crippen LogP contribution in [0.3, 0.4) is 0 Å². The number of carbonyl (C=O) groups excluding carboxylic acids is 1. The molecule has 0 bridgehead atoms. The largest absolute Gasteiger partial charge is 0.385 e. The molecule has 0 heterocycles. The maximum atomic E-state index is 11.8. The van der Waals surface area contributed by atoms with Gasteiger partial charge in [-0.15, -0.1) is 0 Å². The summed E-state index contributed by atoms with van der Waals surface area (Å²) in [6.07, 6.45) is 1.14. The van der Waals surface area contributed by atoms with Crippen LogP contribution in [0.15, 0.2) is 18.2 Å². The summed E-state index contributed by atoms with van der Waals surface area (Å²) >= 11 is 1.96. The summed E-state index contributed by atoms with van der Waals surface area (Å²) in [6.45, 7) is 7.77. The molecule has 0 aliphatic rings. The van der Waals surface area contributed by atoms with Crippen molar-refractivity contribution in [2.24, 2.45) is 0 Å². The first kappa shape index (κ1) is 15.9. The van der Waals surface area contributed by atoms with E-state index >= 15 is 0 Å². The highest BCUT2D eigenvalue weighted by atomic mass is 32.2. The Labute approximate surface area is 120 Å². The summed E-state index contributed by atoms with van der Waals surface area (Å²) in [7, 11) is 0. The molecule has 1 rings (SSSR count). The Kier molecular flexibility index (Phi) is 7.41. The number of thioether (sulfide) groups is 1. The number of carbonyl (C=O) groups is 1. The summed E-state index contributed by atoms with van der Waals surface area (Å²) in [5.74, 6) is 2.34. The highest BCUT2D eigenvalue weighted by Gasteiger charge is 2.06. The van der Waals surface area contributed by atoms with Gasteiger partial charge in [-0.25, -0.2) is 0 Å². The summed E-state index contributed by atoms with van der Waals surface area (Å²) in [4.78, 5) is 11.8. The monoisotopic (exact) mass is 280 g/mol. The van der Waals surface area contributed by atoms with E-state index in [9.17, 15) is 4.79 Å². The van der Waals surface area contributed by atoms with E-state index in [0.29, 0.717) is 6.54 Å². The molecule has 4 heteroatoms. The fraction of sp³-hybridized carbons (Fsp3) is 0.533. The average molecular weight is 280 g/mol. The standard InChI is InChI=1S/C15H24N2OS/c1-4-16-15(18)13-8-7-12(3)14(11-13)17-9-6-10-19-5-2/h7-8,11,17H,4-6,9-10H2,1-3H3,(H,16,18). The van der Waals surface area contributed by atoms with Gasteiger partial charge in [-0.2, -0.15) is 11.8 Å². The molecule has 0 unspecified atom stereocenters. The van der Waals surface area contributed by atoms with Crippen LogP contribution in [0, 0.1) is 6.92 Å². The predicted octanol–water partition coefficient (Wildman–Crippen LogP) is 3.30. The molecule has 0 aromatic heterocycles. The molecule has 1 aromatic rings. The van der Waals surface area contributed by atoms with E-state index in [1.165, 1.54) is 17.1 Å². The highest BCUT2D eigenvalue weighted by Crippen LogP contribution is 2.17. The van der Waals surface area contributed by atoms with Crippen LogP contribution >= 0.6 is 11.8 Å². The minimum atomic E-state index is -0.00733. The molecule has 3 nitrogen and oxygen atoms in total. The molecule has 19 heavy (non-hydrogen) atoms. The molecular weight excluding hydrogens is 256 g/mol. The number of anilines is 1. The summed E-state index contributed by atoms with van der Waals surface area (Å²) in [5, 5.41) is 6.24. The van der Waals surface area contributed by atoms with Gasteiger partial charge in [0.2, 0.25) is 0 Å². The van der Waals surface area contributed by atoms with Crippen LogP contribution in [0.2, 0.25) is 0 Å². The molecule has 0 spiro atoms. The minimum absolute atomic E-state index is 0.00733. The average Bonchev–Trinajstić information content (AvgIpc) is 2.40. The summed E-state index contributed by atoms with van der Waals surface area (Å²) < 4.78 is 0. The lowest BCUT2D eigenvalue weighted by Gasteiger charge is -2.11. The van der Waals surface area contributed by atoms with Gasteiger partial charge < -0.3 is 10.6 Å². The van der Waals surface area contributed by atoms with Crippen molar-refractivity contribution in [3.05, 3.63) is 29.3 Å². The first-order valence-corrected chi connectivity index (χ1v) is 8.05. The fourth-order valence-electron chi connectivity index (χ4n) is 1.76. The van der Waals surface area contributed by atoms with E-state index in [2.05, 4.69) is 24.5 Å². The second-order valence-corrected chi connectivity index (χ2v) is 5.76. The molecule has 0 saturated carbocycles. The van der Waals surface area contributed by atoms with Crippen molar-refractivity contribution < 1.29 is 4.79 Å². The van der Waals surface area contributed by atoms with Crippen molar-refractivity contribution in [2.45, 2.75) is 27.2 Å². The van der Waals surface area contributed by atoms with Crippen molar-refractivity contribution in [3.8, 4) is 0 Å². The number of aryl methyl sites for hydroxylation is 1. The Morgan fingerprint density at radius 2 is 2.11 bits per heavy atom. The number of nitrogens with one attached hydrogen (secondary N) is 2. The predicted molar refractivity (Wildman–Crippen MR) is 85.3 cm³/mol. The van der Waals surface area contributed by atoms with Gasteiger partial charge in [0, 0.05) is 24.3 Å². The Morgan fingerprint density at radius 3 is 2.79 bits per heavy atom. The Hall–Kier alpha value is -1.16. The van der Waals surface area contributed by atoms with E-state index < -0.39 is 0 Å². The smallest absolute Gasteiger partial charge is 0.251 e. The fourth-order valence-corrected chi connectivity index (χ4v) is 2.40. The van der Waals surface area contributed by atoms with Gasteiger partial charge in [-0.3, -0.25) is 4.79 Å². The van der Waals surface area contributed by atoms with Crippen molar-refractivity contribution >= 4 is 23.4 Å². The van der Waals surface area contributed by atoms with Gasteiger partial charge in [0.1, 0.15) is 0 Å². The molecule has 1 aromatic carbocycles. The van der Waals surface area contributed by atoms with E-state index in [0.717, 1.165) is 24.2 Å². The topological polar surface area (TPSA) is 41.1 Å². The highest BCUT2D eigenvalue weighted by molar-refractivity contribution is 7.99. The number of hydrogen-bond donors (Lipinski definition) is 2. The Balaban J connectivity index is 2.56. The van der Waals surface area contributed by atoms with Crippen molar-refractivity contribution in [1.29, 1.82) is 0 Å². The lowest BCUT2D eigenvalue weighted by atomic mass is 10.1. The maximum absolute atomic E-state index is 11.8. The Bertz CT molecular complexity index is 407. The normalized spacial score (nSPS) is 10.3. The molecular formula is C15H24N2OS. The van der Waals surface area contributed by atoms with Crippen LogP contribution in [-0.2, 0) is 0 Å². The number of rotatable bonds is 8. The molecule has 106 valence electrons. The molecule has 0 radical (unpaired) electrons. The first-order valence-electron chi connectivity index (χ1n) is 6.89. The third-order valence-corrected chi connectivity index (χ3v) is 3.81. The number of amides is 1. The molecule has 0 saturated heterocycles. The third kappa shape index (κ3) is 5.55. The van der Waals surface area contributed by atoms with E-state index in [-0.39, 0.29) is 5.91 Å². The van der Waals surface area contributed by atoms with Gasteiger partial charge in [0.05, 0.1) is 0 Å². The number of hydrogen-bond acceptors (Lipinski definition) is 3. The van der Waals surface area contributed by atoms with E-state index in [1.54, 1.807) is 0 Å². The molecule has 0 fully saturated rings. The van der Waals surface area contributed by atoms with Crippen LogP contribution in [-0.4, -0.2) is 30.5 Å². The number of benzene rings is 1. The van der Waals surface area contributed by atoms with Gasteiger partial charge in [0.15, 0.2) is 0 Å². The zero-order valence-electron chi connectivity index (χ0n) is 12.1. The molecule has 1 amide bonds. The first-order chi connectivity index (χ1) is 9.19. The summed E-state index contributed by atoms with van der Waals surface area (Å²) in [6, 6.07) is 5.80. The van der Waals surface area contributed by atoms with Gasteiger partial charge in [-0.05, 0) is 49.5 Å². The SMILES string of the molecule is CCNC(=O)c1ccc(C)c(NCCCSCC)c1.